The summed E-state index contributed by atoms with van der Waals surface area (Å²) in [6, 6.07) is 16.5. The topological polar surface area (TPSA) is 38.1 Å². The van der Waals surface area contributed by atoms with Crippen LogP contribution in [0.5, 0.6) is 0 Å². The summed E-state index contributed by atoms with van der Waals surface area (Å²) < 4.78 is 15.3. The first-order valence-corrected chi connectivity index (χ1v) is 10.7. The van der Waals surface area contributed by atoms with E-state index in [1.165, 1.54) is 23.3 Å². The van der Waals surface area contributed by atoms with E-state index >= 15 is 0 Å². The van der Waals surface area contributed by atoms with Gasteiger partial charge < -0.3 is 5.11 Å². The molecule has 3 nitrogen and oxygen atoms in total. The van der Waals surface area contributed by atoms with Crippen molar-refractivity contribution in [2.24, 2.45) is 11.3 Å². The predicted molar refractivity (Wildman–Crippen MR) is 117 cm³/mol. The van der Waals surface area contributed by atoms with Crippen molar-refractivity contribution in [3.05, 3.63) is 89.0 Å². The molecule has 154 valence electrons. The predicted octanol–water partition coefficient (Wildman–Crippen LogP) is 5.67. The van der Waals surface area contributed by atoms with Gasteiger partial charge in [0, 0.05) is 5.92 Å². The van der Waals surface area contributed by atoms with Crippen molar-refractivity contribution in [3.8, 4) is 5.69 Å². The number of hydrogen-bond acceptors (Lipinski definition) is 2. The number of benzene rings is 2. The van der Waals surface area contributed by atoms with Crippen molar-refractivity contribution in [1.29, 1.82) is 0 Å². The molecule has 0 saturated heterocycles. The number of aliphatic hydroxyl groups is 1. The Balaban J connectivity index is 1.56. The van der Waals surface area contributed by atoms with Crippen LogP contribution in [0.1, 0.15) is 49.9 Å². The Kier molecular flexibility index (Phi) is 4.44. The van der Waals surface area contributed by atoms with Crippen molar-refractivity contribution < 1.29 is 9.50 Å². The number of nitrogens with zero attached hydrogens (tertiary/aromatic N) is 2. The second-order valence-electron chi connectivity index (χ2n) is 9.17. The monoisotopic (exact) mass is 402 g/mol. The summed E-state index contributed by atoms with van der Waals surface area (Å²) in [5.41, 5.74) is 4.45. The summed E-state index contributed by atoms with van der Waals surface area (Å²) in [5, 5.41) is 16.3. The first-order valence-electron chi connectivity index (χ1n) is 10.7. The Morgan fingerprint density at radius 1 is 1.13 bits per heavy atom. The Bertz CT molecular complexity index is 1100. The maximum Gasteiger partial charge on any atom is 0.123 e. The van der Waals surface area contributed by atoms with Gasteiger partial charge in [-0.05, 0) is 79.5 Å². The molecule has 5 rings (SSSR count). The van der Waals surface area contributed by atoms with E-state index in [4.69, 9.17) is 0 Å². The maximum absolute atomic E-state index is 13.4. The lowest BCUT2D eigenvalue weighted by molar-refractivity contribution is -0.0659. The third-order valence-corrected chi connectivity index (χ3v) is 7.30. The molecule has 0 amide bonds. The Hall–Kier alpha value is -2.72. The Morgan fingerprint density at radius 2 is 1.87 bits per heavy atom. The van der Waals surface area contributed by atoms with Gasteiger partial charge in [-0.2, -0.15) is 5.10 Å². The minimum absolute atomic E-state index is 0.120. The summed E-state index contributed by atoms with van der Waals surface area (Å²) in [6.45, 7) is 4.27. The van der Waals surface area contributed by atoms with Crippen LogP contribution in [0.15, 0.2) is 66.4 Å². The highest BCUT2D eigenvalue weighted by molar-refractivity contribution is 5.61. The van der Waals surface area contributed by atoms with Crippen LogP contribution in [0.4, 0.5) is 4.39 Å². The minimum Gasteiger partial charge on any atom is -0.385 e. The van der Waals surface area contributed by atoms with Crippen molar-refractivity contribution in [2.75, 3.05) is 0 Å². The molecule has 2 aliphatic carbocycles. The fourth-order valence-electron chi connectivity index (χ4n) is 5.71. The largest absolute Gasteiger partial charge is 0.385 e. The van der Waals surface area contributed by atoms with E-state index in [9.17, 15) is 9.50 Å². The van der Waals surface area contributed by atoms with Crippen LogP contribution in [-0.4, -0.2) is 14.9 Å². The van der Waals surface area contributed by atoms with Crippen molar-refractivity contribution in [1.82, 2.24) is 9.78 Å². The smallest absolute Gasteiger partial charge is 0.123 e. The lowest BCUT2D eigenvalue weighted by Crippen LogP contribution is -2.47. The summed E-state index contributed by atoms with van der Waals surface area (Å²) in [6.07, 6.45) is 8.14. The molecule has 3 aromatic rings. The van der Waals surface area contributed by atoms with Crippen LogP contribution >= 0.6 is 0 Å². The Labute approximate surface area is 176 Å². The van der Waals surface area contributed by atoms with E-state index < -0.39 is 5.60 Å². The molecule has 30 heavy (non-hydrogen) atoms. The molecule has 1 fully saturated rings. The van der Waals surface area contributed by atoms with Gasteiger partial charge in [0.15, 0.2) is 0 Å². The van der Waals surface area contributed by atoms with Gasteiger partial charge in [0.1, 0.15) is 5.82 Å². The van der Waals surface area contributed by atoms with Gasteiger partial charge in [-0.3, -0.25) is 0 Å². The lowest BCUT2D eigenvalue weighted by Gasteiger charge is -2.51. The van der Waals surface area contributed by atoms with Gasteiger partial charge in [0.25, 0.3) is 0 Å². The third kappa shape index (κ3) is 2.93. The molecule has 1 N–H and O–H groups in total. The highest BCUT2D eigenvalue weighted by atomic mass is 19.1. The number of hydrogen-bond donors (Lipinski definition) is 1. The average molecular weight is 403 g/mol. The number of allylic oxidation sites excluding steroid dienone is 1. The summed E-state index contributed by atoms with van der Waals surface area (Å²) in [4.78, 5) is 0. The van der Waals surface area contributed by atoms with Crippen molar-refractivity contribution in [2.45, 2.75) is 45.1 Å². The quantitative estimate of drug-likeness (QED) is 0.613. The van der Waals surface area contributed by atoms with E-state index in [1.54, 1.807) is 12.1 Å². The van der Waals surface area contributed by atoms with Crippen LogP contribution < -0.4 is 0 Å². The summed E-state index contributed by atoms with van der Waals surface area (Å²) >= 11 is 0. The fourth-order valence-corrected chi connectivity index (χ4v) is 5.71. The molecule has 3 atom stereocenters. The second kappa shape index (κ2) is 6.92. The van der Waals surface area contributed by atoms with E-state index in [-0.39, 0.29) is 17.2 Å². The summed E-state index contributed by atoms with van der Waals surface area (Å²) in [7, 11) is 0. The fraction of sp³-hybridized carbons (Fsp3) is 0.346. The first kappa shape index (κ1) is 19.3. The Morgan fingerprint density at radius 3 is 2.60 bits per heavy atom. The maximum atomic E-state index is 13.4. The number of halogens is 1. The molecule has 0 aliphatic heterocycles. The molecule has 1 aromatic heterocycles. The van der Waals surface area contributed by atoms with Gasteiger partial charge in [-0.25, -0.2) is 9.07 Å². The molecular weight excluding hydrogens is 375 g/mol. The van der Waals surface area contributed by atoms with Crippen LogP contribution in [0.25, 0.3) is 11.8 Å². The van der Waals surface area contributed by atoms with Crippen molar-refractivity contribution >= 4 is 6.08 Å². The second-order valence-corrected chi connectivity index (χ2v) is 9.17. The average Bonchev–Trinajstić information content (AvgIpc) is 3.14. The molecule has 0 spiro atoms. The molecule has 0 radical (unpaired) electrons. The first-order chi connectivity index (χ1) is 14.4. The number of fused-ring (bicyclic) bond motifs is 2. The highest BCUT2D eigenvalue weighted by Gasteiger charge is 2.51. The number of aromatic nitrogens is 2. The van der Waals surface area contributed by atoms with Crippen LogP contribution in [0, 0.1) is 17.2 Å². The molecular formula is C26H27FN2O. The van der Waals surface area contributed by atoms with Gasteiger partial charge in [-0.1, -0.05) is 42.8 Å². The molecule has 2 aliphatic rings. The molecule has 2 aromatic carbocycles. The van der Waals surface area contributed by atoms with Crippen molar-refractivity contribution in [3.63, 3.8) is 0 Å². The third-order valence-electron chi connectivity index (χ3n) is 7.30. The zero-order chi connectivity index (χ0) is 20.9. The van der Waals surface area contributed by atoms with E-state index in [1.807, 2.05) is 48.1 Å². The molecule has 0 bridgehead atoms. The zero-order valence-corrected chi connectivity index (χ0v) is 17.5. The molecule has 1 saturated carbocycles. The highest BCUT2D eigenvalue weighted by Crippen LogP contribution is 2.56. The molecule has 4 heteroatoms. The van der Waals surface area contributed by atoms with E-state index in [0.717, 1.165) is 42.6 Å². The van der Waals surface area contributed by atoms with E-state index in [0.29, 0.717) is 0 Å². The van der Waals surface area contributed by atoms with Gasteiger partial charge in [-0.15, -0.1) is 0 Å². The zero-order valence-electron chi connectivity index (χ0n) is 17.5. The standard InChI is InChI=1S/C26H27FN2O/c1-25-16-18-17-28-29(22-13-11-21(27)12-14-22)23(18)15-20(25)9-6-10-24(25)26(2,30)19-7-4-3-5-8-19/h3-5,7-8,11-15,17,24,30H,6,9-10,16H2,1-2H3/t24-,25-,26?/m0/s1. The van der Waals surface area contributed by atoms with Gasteiger partial charge >= 0.3 is 0 Å². The lowest BCUT2D eigenvalue weighted by atomic mass is 9.54. The van der Waals surface area contributed by atoms with Gasteiger partial charge in [0.05, 0.1) is 23.2 Å². The SMILES string of the molecule is CC(O)(c1ccccc1)[C@H]1CCCC2=Cc3c(cnn3-c3ccc(F)cc3)C[C@@]21C. The van der Waals surface area contributed by atoms with Crippen LogP contribution in [0.2, 0.25) is 0 Å². The van der Waals surface area contributed by atoms with E-state index in [2.05, 4.69) is 18.1 Å². The number of rotatable bonds is 3. The molecule has 1 unspecified atom stereocenters. The van der Waals surface area contributed by atoms with Crippen LogP contribution in [0.3, 0.4) is 0 Å². The summed E-state index contributed by atoms with van der Waals surface area (Å²) in [5.74, 6) is -0.126. The normalized spacial score (nSPS) is 25.1. The van der Waals surface area contributed by atoms with Gasteiger partial charge in [0.2, 0.25) is 0 Å². The molecule has 1 heterocycles. The van der Waals surface area contributed by atoms with Crippen LogP contribution in [-0.2, 0) is 12.0 Å². The minimum atomic E-state index is -0.903.